The van der Waals surface area contributed by atoms with Gasteiger partial charge in [-0.2, -0.15) is 0 Å². The van der Waals surface area contributed by atoms with Gasteiger partial charge in [-0.1, -0.05) is 24.3 Å². The lowest BCUT2D eigenvalue weighted by atomic mass is 10.2. The van der Waals surface area contributed by atoms with E-state index >= 15 is 0 Å². The summed E-state index contributed by atoms with van der Waals surface area (Å²) in [6.07, 6.45) is 1.49. The fraction of sp³-hybridized carbons (Fsp3) is 0.130. The summed E-state index contributed by atoms with van der Waals surface area (Å²) in [5.41, 5.74) is 1.32. The van der Waals surface area contributed by atoms with Crippen LogP contribution in [0.25, 0.3) is 6.08 Å². The summed E-state index contributed by atoms with van der Waals surface area (Å²) in [6, 6.07) is 17.5. The Morgan fingerprint density at radius 3 is 2.39 bits per heavy atom. The molecule has 2 amide bonds. The highest BCUT2D eigenvalue weighted by molar-refractivity contribution is 14.1. The number of rotatable bonds is 8. The second-order valence-electron chi connectivity index (χ2n) is 6.39. The molecule has 0 unspecified atom stereocenters. The molecule has 0 spiro atoms. The van der Waals surface area contributed by atoms with E-state index in [-0.39, 0.29) is 12.2 Å². The van der Waals surface area contributed by atoms with Crippen molar-refractivity contribution < 1.29 is 23.5 Å². The van der Waals surface area contributed by atoms with Crippen molar-refractivity contribution in [2.75, 3.05) is 14.2 Å². The summed E-state index contributed by atoms with van der Waals surface area (Å²) >= 11 is 2.03. The Kier molecular flexibility index (Phi) is 7.71. The number of nitrogens with one attached hydrogen (secondary N) is 2. The Balaban J connectivity index is 1.77. The van der Waals surface area contributed by atoms with Crippen LogP contribution in [0, 0.1) is 3.77 Å². The quantitative estimate of drug-likeness (QED) is 0.339. The Labute approximate surface area is 193 Å². The lowest BCUT2D eigenvalue weighted by Gasteiger charge is -2.12. The molecule has 2 N–H and O–H groups in total. The van der Waals surface area contributed by atoms with Gasteiger partial charge in [0.1, 0.15) is 11.5 Å². The molecule has 3 aromatic rings. The largest absolute Gasteiger partial charge is 0.493 e. The van der Waals surface area contributed by atoms with E-state index < -0.39 is 11.8 Å². The van der Waals surface area contributed by atoms with Crippen molar-refractivity contribution in [3.8, 4) is 11.5 Å². The molecule has 3 rings (SSSR count). The van der Waals surface area contributed by atoms with Crippen LogP contribution in [0.1, 0.15) is 21.7 Å². The normalized spacial score (nSPS) is 11.0. The third-order valence-corrected chi connectivity index (χ3v) is 4.89. The van der Waals surface area contributed by atoms with Gasteiger partial charge >= 0.3 is 0 Å². The van der Waals surface area contributed by atoms with Gasteiger partial charge in [0.2, 0.25) is 0 Å². The standard InChI is InChI=1S/C23H21IN2O5/c1-29-19-10-8-15(12-20(19)30-2)14-25-23(28)18(13-17-9-11-21(24)31-17)26-22(27)16-6-4-3-5-7-16/h3-13H,14H2,1-2H3,(H,25,28)(H,26,27)/b18-13+. The van der Waals surface area contributed by atoms with Crippen LogP contribution >= 0.6 is 22.6 Å². The molecule has 0 radical (unpaired) electrons. The molecule has 160 valence electrons. The third kappa shape index (κ3) is 6.11. The number of halogens is 1. The summed E-state index contributed by atoms with van der Waals surface area (Å²) in [5.74, 6) is 0.766. The predicted molar refractivity (Wildman–Crippen MR) is 125 cm³/mol. The Hall–Kier alpha value is -3.27. The fourth-order valence-corrected chi connectivity index (χ4v) is 3.19. The number of furan rings is 1. The summed E-state index contributed by atoms with van der Waals surface area (Å²) < 4.78 is 16.7. The number of ether oxygens (including phenoxy) is 2. The molecule has 0 atom stereocenters. The van der Waals surface area contributed by atoms with Crippen LogP contribution in [0.5, 0.6) is 11.5 Å². The molecule has 0 aliphatic heterocycles. The number of carbonyl (C=O) groups is 2. The van der Waals surface area contributed by atoms with Gasteiger partial charge in [0.25, 0.3) is 11.8 Å². The van der Waals surface area contributed by atoms with Gasteiger partial charge in [0.05, 0.1) is 14.2 Å². The van der Waals surface area contributed by atoms with Crippen molar-refractivity contribution in [3.63, 3.8) is 0 Å². The molecule has 2 aromatic carbocycles. The predicted octanol–water partition coefficient (Wildman–Crippen LogP) is 3.99. The first-order valence-electron chi connectivity index (χ1n) is 9.32. The smallest absolute Gasteiger partial charge is 0.268 e. The second-order valence-corrected chi connectivity index (χ2v) is 7.46. The average molecular weight is 532 g/mol. The van der Waals surface area contributed by atoms with E-state index in [1.54, 1.807) is 62.8 Å². The zero-order chi connectivity index (χ0) is 22.2. The van der Waals surface area contributed by atoms with Crippen LogP contribution < -0.4 is 20.1 Å². The lowest BCUT2D eigenvalue weighted by molar-refractivity contribution is -0.117. The molecule has 0 aliphatic carbocycles. The van der Waals surface area contributed by atoms with E-state index in [1.807, 2.05) is 34.7 Å². The van der Waals surface area contributed by atoms with Crippen LogP contribution in [0.4, 0.5) is 0 Å². The molecule has 0 bridgehead atoms. The maximum atomic E-state index is 12.9. The number of benzene rings is 2. The highest BCUT2D eigenvalue weighted by atomic mass is 127. The molecule has 0 aliphatic rings. The van der Waals surface area contributed by atoms with Gasteiger partial charge in [-0.15, -0.1) is 0 Å². The first kappa shape index (κ1) is 22.4. The number of hydrogen-bond donors (Lipinski definition) is 2. The van der Waals surface area contributed by atoms with Crippen molar-refractivity contribution in [1.82, 2.24) is 10.6 Å². The van der Waals surface area contributed by atoms with Crippen molar-refractivity contribution >= 4 is 40.5 Å². The molecule has 1 heterocycles. The molecular formula is C23H21IN2O5. The van der Waals surface area contributed by atoms with Crippen LogP contribution in [-0.4, -0.2) is 26.0 Å². The SMILES string of the molecule is COc1ccc(CNC(=O)/C(=C\c2ccc(I)o2)NC(=O)c2ccccc2)cc1OC. The van der Waals surface area contributed by atoms with E-state index in [9.17, 15) is 9.59 Å². The van der Waals surface area contributed by atoms with E-state index in [0.29, 0.717) is 26.6 Å². The van der Waals surface area contributed by atoms with Gasteiger partial charge in [-0.05, 0) is 64.6 Å². The van der Waals surface area contributed by atoms with E-state index in [2.05, 4.69) is 10.6 Å². The maximum Gasteiger partial charge on any atom is 0.268 e. The van der Waals surface area contributed by atoms with Crippen molar-refractivity contribution in [3.05, 3.63) is 87.0 Å². The monoisotopic (exact) mass is 532 g/mol. The number of carbonyl (C=O) groups excluding carboxylic acids is 2. The molecule has 0 fully saturated rings. The van der Waals surface area contributed by atoms with Crippen LogP contribution in [0.2, 0.25) is 0 Å². The highest BCUT2D eigenvalue weighted by Crippen LogP contribution is 2.27. The fourth-order valence-electron chi connectivity index (χ4n) is 2.76. The molecule has 31 heavy (non-hydrogen) atoms. The summed E-state index contributed by atoms with van der Waals surface area (Å²) in [5, 5.41) is 5.48. The minimum Gasteiger partial charge on any atom is -0.493 e. The molecular weight excluding hydrogens is 511 g/mol. The zero-order valence-electron chi connectivity index (χ0n) is 17.0. The highest BCUT2D eigenvalue weighted by Gasteiger charge is 2.16. The van der Waals surface area contributed by atoms with Gasteiger partial charge in [0, 0.05) is 18.2 Å². The number of hydrogen-bond acceptors (Lipinski definition) is 5. The van der Waals surface area contributed by atoms with E-state index in [4.69, 9.17) is 13.9 Å². The Bertz CT molecular complexity index is 1090. The van der Waals surface area contributed by atoms with Crippen molar-refractivity contribution in [1.29, 1.82) is 0 Å². The van der Waals surface area contributed by atoms with Crippen molar-refractivity contribution in [2.45, 2.75) is 6.54 Å². The summed E-state index contributed by atoms with van der Waals surface area (Å²) in [7, 11) is 3.10. The molecule has 7 nitrogen and oxygen atoms in total. The van der Waals surface area contributed by atoms with Gasteiger partial charge in [0.15, 0.2) is 15.3 Å². The maximum absolute atomic E-state index is 12.9. The molecule has 1 aromatic heterocycles. The molecule has 8 heteroatoms. The zero-order valence-corrected chi connectivity index (χ0v) is 19.1. The van der Waals surface area contributed by atoms with Gasteiger partial charge in [-0.25, -0.2) is 0 Å². The van der Waals surface area contributed by atoms with E-state index in [0.717, 1.165) is 5.56 Å². The van der Waals surface area contributed by atoms with Crippen LogP contribution in [0.3, 0.4) is 0 Å². The van der Waals surface area contributed by atoms with Crippen LogP contribution in [-0.2, 0) is 11.3 Å². The Morgan fingerprint density at radius 1 is 1.00 bits per heavy atom. The summed E-state index contributed by atoms with van der Waals surface area (Å²) in [4.78, 5) is 25.5. The second kappa shape index (κ2) is 10.7. The van der Waals surface area contributed by atoms with Crippen molar-refractivity contribution in [2.24, 2.45) is 0 Å². The average Bonchev–Trinajstić information content (AvgIpc) is 3.21. The third-order valence-electron chi connectivity index (χ3n) is 4.31. The molecule has 0 saturated carbocycles. The number of amides is 2. The molecule has 0 saturated heterocycles. The minimum absolute atomic E-state index is 0.0695. The number of methoxy groups -OCH3 is 2. The lowest BCUT2D eigenvalue weighted by Crippen LogP contribution is -2.34. The Morgan fingerprint density at radius 2 is 1.74 bits per heavy atom. The van der Waals surface area contributed by atoms with E-state index in [1.165, 1.54) is 6.08 Å². The minimum atomic E-state index is -0.453. The van der Waals surface area contributed by atoms with Gasteiger partial charge in [-0.3, -0.25) is 9.59 Å². The topological polar surface area (TPSA) is 89.8 Å². The summed E-state index contributed by atoms with van der Waals surface area (Å²) in [6.45, 7) is 0.230. The first-order chi connectivity index (χ1) is 15.0. The first-order valence-corrected chi connectivity index (χ1v) is 10.4. The van der Waals surface area contributed by atoms with Crippen LogP contribution in [0.15, 0.2) is 70.8 Å². The van der Waals surface area contributed by atoms with Gasteiger partial charge < -0.3 is 24.5 Å².